The van der Waals surface area contributed by atoms with E-state index in [0.29, 0.717) is 6.61 Å². The van der Waals surface area contributed by atoms with Crippen LogP contribution in [0.25, 0.3) is 0 Å². The number of ether oxygens (including phenoxy) is 1. The molecule has 7 heteroatoms. The van der Waals surface area contributed by atoms with Gasteiger partial charge in [-0.15, -0.1) is 0 Å². The fourth-order valence-electron chi connectivity index (χ4n) is 2.35. The second kappa shape index (κ2) is 7.76. The molecular formula is C14H27NO4SSi. The molecule has 1 aliphatic heterocycles. The zero-order valence-corrected chi connectivity index (χ0v) is 15.7. The molecule has 0 radical (unpaired) electrons. The van der Waals surface area contributed by atoms with Gasteiger partial charge in [0.1, 0.15) is 6.61 Å². The van der Waals surface area contributed by atoms with Crippen molar-refractivity contribution in [2.45, 2.75) is 39.2 Å². The van der Waals surface area contributed by atoms with Gasteiger partial charge in [0.2, 0.25) is 11.0 Å². The third-order valence-corrected chi connectivity index (χ3v) is 5.49. The molecule has 0 aromatic heterocycles. The van der Waals surface area contributed by atoms with Crippen molar-refractivity contribution >= 4 is 31.8 Å². The number of hydrogen-bond donors (Lipinski definition) is 1. The summed E-state index contributed by atoms with van der Waals surface area (Å²) in [5, 5.41) is 2.60. The Morgan fingerprint density at radius 1 is 1.43 bits per heavy atom. The summed E-state index contributed by atoms with van der Waals surface area (Å²) in [6.45, 7) is 11.2. The summed E-state index contributed by atoms with van der Waals surface area (Å²) in [5.74, 6) is -0.0517. The molecule has 0 spiro atoms. The molecule has 1 rings (SSSR count). The number of nitrogens with one attached hydrogen (secondary N) is 1. The van der Waals surface area contributed by atoms with E-state index in [9.17, 15) is 9.59 Å². The van der Waals surface area contributed by atoms with Gasteiger partial charge in [-0.1, -0.05) is 32.5 Å². The van der Waals surface area contributed by atoms with Crippen LogP contribution in [0.4, 0.5) is 0 Å². The van der Waals surface area contributed by atoms with Crippen LogP contribution in [0, 0.1) is 17.3 Å². The van der Waals surface area contributed by atoms with E-state index in [4.69, 9.17) is 9.16 Å². The minimum atomic E-state index is -1.13. The smallest absolute Gasteiger partial charge is 0.227 e. The Kier molecular flexibility index (Phi) is 6.90. The van der Waals surface area contributed by atoms with E-state index in [0.717, 1.165) is 11.8 Å². The molecule has 1 aliphatic rings. The van der Waals surface area contributed by atoms with Gasteiger partial charge in [-0.2, -0.15) is 0 Å². The Morgan fingerprint density at radius 3 is 2.48 bits per heavy atom. The monoisotopic (exact) mass is 333 g/mol. The van der Waals surface area contributed by atoms with Crippen molar-refractivity contribution in [3.8, 4) is 0 Å². The number of carbonyl (C=O) groups is 2. The second-order valence-corrected chi connectivity index (χ2v) is 10.4. The molecule has 1 heterocycles. The zero-order chi connectivity index (χ0) is 16.2. The van der Waals surface area contributed by atoms with Gasteiger partial charge >= 0.3 is 0 Å². The molecule has 0 bridgehead atoms. The van der Waals surface area contributed by atoms with Gasteiger partial charge < -0.3 is 14.5 Å². The van der Waals surface area contributed by atoms with Crippen LogP contribution in [-0.2, 0) is 18.8 Å². The van der Waals surface area contributed by atoms with Crippen LogP contribution in [0.1, 0.15) is 20.8 Å². The molecule has 0 saturated carbocycles. The van der Waals surface area contributed by atoms with Crippen LogP contribution >= 0.6 is 11.8 Å². The molecule has 5 nitrogen and oxygen atoms in total. The molecule has 21 heavy (non-hydrogen) atoms. The van der Waals surface area contributed by atoms with E-state index in [1.165, 1.54) is 7.11 Å². The predicted molar refractivity (Wildman–Crippen MR) is 87.7 cm³/mol. The first kappa shape index (κ1) is 18.7. The van der Waals surface area contributed by atoms with Crippen molar-refractivity contribution in [3.05, 3.63) is 0 Å². The van der Waals surface area contributed by atoms with Crippen LogP contribution < -0.4 is 5.32 Å². The summed E-state index contributed by atoms with van der Waals surface area (Å²) < 4.78 is 10.7. The first-order valence-electron chi connectivity index (χ1n) is 7.27. The lowest BCUT2D eigenvalue weighted by atomic mass is 9.71. The standard InChI is InChI=1S/C14H27NO4SSi/c1-14(2,3)9(7-19-21(5)6)11-12(17)15-13(11)20-10(16)8-18-4/h9,11,13,21H,7-8H2,1-6H3,(H,15,17)/t9?,11-,13+/m0/s1. The normalized spacial score (nSPS) is 23.7. The Bertz CT molecular complexity index is 384. The average molecular weight is 334 g/mol. The number of hydrogen-bond acceptors (Lipinski definition) is 5. The summed E-state index contributed by atoms with van der Waals surface area (Å²) in [4.78, 5) is 23.7. The Hall–Kier alpha value is -0.373. The Balaban J connectivity index is 2.74. The maximum Gasteiger partial charge on any atom is 0.227 e. The lowest BCUT2D eigenvalue weighted by molar-refractivity contribution is -0.138. The number of thioether (sulfide) groups is 1. The summed E-state index contributed by atoms with van der Waals surface area (Å²) in [7, 11) is 0.362. The van der Waals surface area contributed by atoms with Crippen molar-refractivity contribution in [2.75, 3.05) is 20.3 Å². The van der Waals surface area contributed by atoms with Gasteiger partial charge in [0.05, 0.1) is 11.3 Å². The van der Waals surface area contributed by atoms with E-state index < -0.39 is 9.04 Å². The molecule has 0 aromatic rings. The number of carbonyl (C=O) groups excluding carboxylic acids is 2. The summed E-state index contributed by atoms with van der Waals surface area (Å²) in [5.41, 5.74) is -0.0468. The largest absolute Gasteiger partial charge is 0.420 e. The second-order valence-electron chi connectivity index (χ2n) is 6.73. The van der Waals surface area contributed by atoms with Gasteiger partial charge in [-0.3, -0.25) is 9.59 Å². The van der Waals surface area contributed by atoms with Crippen LogP contribution in [0.5, 0.6) is 0 Å². The van der Waals surface area contributed by atoms with Crippen molar-refractivity contribution < 1.29 is 18.8 Å². The van der Waals surface area contributed by atoms with E-state index in [-0.39, 0.29) is 40.3 Å². The molecule has 122 valence electrons. The first-order valence-corrected chi connectivity index (χ1v) is 10.9. The fourth-order valence-corrected chi connectivity index (χ4v) is 4.04. The van der Waals surface area contributed by atoms with E-state index in [2.05, 4.69) is 39.2 Å². The van der Waals surface area contributed by atoms with Crippen LogP contribution in [0.3, 0.4) is 0 Å². The molecule has 1 fully saturated rings. The minimum Gasteiger partial charge on any atom is -0.420 e. The highest BCUT2D eigenvalue weighted by Gasteiger charge is 2.49. The highest BCUT2D eigenvalue weighted by Crippen LogP contribution is 2.41. The van der Waals surface area contributed by atoms with Crippen LogP contribution in [0.15, 0.2) is 0 Å². The van der Waals surface area contributed by atoms with Crippen molar-refractivity contribution in [3.63, 3.8) is 0 Å². The Morgan fingerprint density at radius 2 is 2.05 bits per heavy atom. The quantitative estimate of drug-likeness (QED) is 0.567. The SMILES string of the molecule is COCC(=O)S[C@H]1NC(=O)[C@@H]1C(CO[SiH](C)C)C(C)(C)C. The number of rotatable bonds is 7. The first-order chi connectivity index (χ1) is 9.66. The molecule has 3 atom stereocenters. The third kappa shape index (κ3) is 5.39. The van der Waals surface area contributed by atoms with Crippen molar-refractivity contribution in [1.82, 2.24) is 5.32 Å². The summed E-state index contributed by atoms with van der Waals surface area (Å²) in [6.07, 6.45) is 0. The fraction of sp³-hybridized carbons (Fsp3) is 0.857. The molecule has 1 N–H and O–H groups in total. The van der Waals surface area contributed by atoms with E-state index in [1.54, 1.807) is 0 Å². The van der Waals surface area contributed by atoms with Crippen molar-refractivity contribution in [2.24, 2.45) is 17.3 Å². The van der Waals surface area contributed by atoms with E-state index >= 15 is 0 Å². The molecule has 0 aliphatic carbocycles. The van der Waals surface area contributed by atoms with Gasteiger partial charge in [-0.25, -0.2) is 0 Å². The average Bonchev–Trinajstić information content (AvgIpc) is 2.32. The molecule has 0 aromatic carbocycles. The van der Waals surface area contributed by atoms with Crippen LogP contribution in [-0.4, -0.2) is 45.8 Å². The highest BCUT2D eigenvalue weighted by atomic mass is 32.2. The van der Waals surface area contributed by atoms with Gasteiger partial charge in [0.15, 0.2) is 9.04 Å². The van der Waals surface area contributed by atoms with Gasteiger partial charge in [0.25, 0.3) is 0 Å². The third-order valence-electron chi connectivity index (χ3n) is 3.59. The summed E-state index contributed by atoms with van der Waals surface area (Å²) in [6, 6.07) is 0. The van der Waals surface area contributed by atoms with Gasteiger partial charge in [-0.05, 0) is 18.5 Å². The summed E-state index contributed by atoms with van der Waals surface area (Å²) >= 11 is 1.16. The molecule has 1 unspecified atom stereocenters. The molecule has 1 amide bonds. The maximum absolute atomic E-state index is 12.0. The topological polar surface area (TPSA) is 64.6 Å². The zero-order valence-electron chi connectivity index (χ0n) is 13.8. The minimum absolute atomic E-state index is 0.0201. The molecular weight excluding hydrogens is 306 g/mol. The maximum atomic E-state index is 12.0. The van der Waals surface area contributed by atoms with E-state index in [1.807, 2.05) is 0 Å². The molecule has 1 saturated heterocycles. The Labute approximate surface area is 133 Å². The van der Waals surface area contributed by atoms with Crippen LogP contribution in [0.2, 0.25) is 13.1 Å². The van der Waals surface area contributed by atoms with Crippen molar-refractivity contribution in [1.29, 1.82) is 0 Å². The lowest BCUT2D eigenvalue weighted by Gasteiger charge is -2.45. The lowest BCUT2D eigenvalue weighted by Crippen LogP contribution is -2.62. The highest BCUT2D eigenvalue weighted by molar-refractivity contribution is 8.14. The number of β-lactam (4-membered cyclic amide) rings is 1. The predicted octanol–water partition coefficient (Wildman–Crippen LogP) is 1.63. The number of amides is 1. The van der Waals surface area contributed by atoms with Gasteiger partial charge in [0, 0.05) is 19.6 Å². The number of methoxy groups -OCH3 is 1.